The summed E-state index contributed by atoms with van der Waals surface area (Å²) in [6, 6.07) is -1.63. The van der Waals surface area contributed by atoms with Gasteiger partial charge in [-0.15, -0.1) is 13.2 Å². The molecule has 0 radical (unpaired) electrons. The number of esters is 1. The number of nitrogens with zero attached hydrogens (tertiary/aromatic N) is 2. The Hall–Kier alpha value is -2.24. The van der Waals surface area contributed by atoms with Gasteiger partial charge in [0.1, 0.15) is 17.7 Å². The first-order valence-corrected chi connectivity index (χ1v) is 16.1. The molecule has 3 amide bonds. The Balaban J connectivity index is 1.93. The summed E-state index contributed by atoms with van der Waals surface area (Å²) in [5.41, 5.74) is -1.24. The first-order chi connectivity index (χ1) is 20.0. The molecule has 10 nitrogen and oxygen atoms in total. The molecule has 8 atom stereocenters. The number of ether oxygens (including phenoxy) is 2. The highest BCUT2D eigenvalue weighted by molar-refractivity contribution is 9.09. The monoisotopic (exact) mass is 653 g/mol. The highest BCUT2D eigenvalue weighted by Crippen LogP contribution is 2.61. The molecule has 1 unspecified atom stereocenters. The first-order valence-electron chi connectivity index (χ1n) is 15.2. The van der Waals surface area contributed by atoms with Crippen molar-refractivity contribution in [2.45, 2.75) is 101 Å². The van der Waals surface area contributed by atoms with Crippen LogP contribution in [0.25, 0.3) is 0 Å². The summed E-state index contributed by atoms with van der Waals surface area (Å²) >= 11 is 3.68. The van der Waals surface area contributed by atoms with E-state index in [0.717, 1.165) is 19.3 Å². The zero-order valence-electron chi connectivity index (χ0n) is 25.4. The van der Waals surface area contributed by atoms with Crippen molar-refractivity contribution in [2.75, 3.05) is 26.2 Å². The molecule has 236 valence electrons. The number of likely N-dealkylation sites (tertiary alicyclic amines) is 1. The normalized spacial score (nSPS) is 29.3. The molecular weight excluding hydrogens is 606 g/mol. The summed E-state index contributed by atoms with van der Waals surface area (Å²) < 4.78 is 12.3. The number of hydrogen-bond donors (Lipinski definition) is 2. The van der Waals surface area contributed by atoms with Crippen molar-refractivity contribution in [3.05, 3.63) is 25.3 Å². The number of rotatable bonds is 17. The van der Waals surface area contributed by atoms with Gasteiger partial charge in [-0.05, 0) is 32.1 Å². The van der Waals surface area contributed by atoms with E-state index in [9.17, 15) is 24.3 Å². The van der Waals surface area contributed by atoms with E-state index in [0.29, 0.717) is 32.4 Å². The molecule has 3 aliphatic rings. The van der Waals surface area contributed by atoms with Crippen molar-refractivity contribution in [2.24, 2.45) is 17.8 Å². The lowest BCUT2D eigenvalue weighted by molar-refractivity contribution is -0.160. The number of unbranched alkanes of at least 4 members (excludes halogenated alkanes) is 2. The van der Waals surface area contributed by atoms with E-state index in [2.05, 4.69) is 41.3 Å². The third kappa shape index (κ3) is 6.78. The van der Waals surface area contributed by atoms with E-state index >= 15 is 0 Å². The molecule has 0 aromatic rings. The highest BCUT2D eigenvalue weighted by atomic mass is 79.9. The van der Waals surface area contributed by atoms with E-state index < -0.39 is 47.7 Å². The summed E-state index contributed by atoms with van der Waals surface area (Å²) in [4.78, 5) is 57.3. The van der Waals surface area contributed by atoms with Crippen LogP contribution in [-0.4, -0.2) is 99.6 Å². The molecule has 3 saturated heterocycles. The van der Waals surface area contributed by atoms with Gasteiger partial charge < -0.3 is 29.7 Å². The van der Waals surface area contributed by atoms with Gasteiger partial charge in [-0.2, -0.15) is 0 Å². The zero-order chi connectivity index (χ0) is 31.2. The SMILES string of the molecule is C=CCCC(=O)NC[C@H](C)OC(=O)[C@H]1[C@@H]2O[C@@]3(CC2Br)[C@@H]1C(=O)N([C@@H](CO)C(C)C)[C@@H]3C(=O)N(CC=C)CCCCC. The number of alkyl halides is 1. The average Bonchev–Trinajstić information content (AvgIpc) is 3.54. The molecule has 3 fully saturated rings. The maximum atomic E-state index is 14.4. The van der Waals surface area contributed by atoms with E-state index in [1.54, 1.807) is 24.0 Å². The van der Waals surface area contributed by atoms with Crippen LogP contribution in [0, 0.1) is 17.8 Å². The topological polar surface area (TPSA) is 125 Å². The second kappa shape index (κ2) is 15.0. The number of nitrogens with one attached hydrogen (secondary N) is 1. The van der Waals surface area contributed by atoms with E-state index in [-0.39, 0.29) is 41.6 Å². The molecule has 3 heterocycles. The van der Waals surface area contributed by atoms with Crippen molar-refractivity contribution in [3.63, 3.8) is 0 Å². The Labute approximate surface area is 258 Å². The predicted molar refractivity (Wildman–Crippen MR) is 163 cm³/mol. The molecule has 0 aromatic heterocycles. The van der Waals surface area contributed by atoms with Crippen molar-refractivity contribution in [1.29, 1.82) is 0 Å². The van der Waals surface area contributed by atoms with Crippen LogP contribution in [0.4, 0.5) is 0 Å². The number of hydrogen-bond acceptors (Lipinski definition) is 7. The molecule has 11 heteroatoms. The lowest BCUT2D eigenvalue weighted by Gasteiger charge is -2.40. The Kier molecular flexibility index (Phi) is 12.2. The maximum Gasteiger partial charge on any atom is 0.312 e. The summed E-state index contributed by atoms with van der Waals surface area (Å²) in [6.07, 6.45) is 6.00. The van der Waals surface area contributed by atoms with Gasteiger partial charge in [0.05, 0.1) is 37.1 Å². The van der Waals surface area contributed by atoms with E-state index in [1.807, 2.05) is 13.8 Å². The molecule has 3 aliphatic heterocycles. The van der Waals surface area contributed by atoms with Crippen LogP contribution in [0.5, 0.6) is 0 Å². The van der Waals surface area contributed by atoms with Crippen molar-refractivity contribution >= 4 is 39.6 Å². The number of aliphatic hydroxyl groups excluding tert-OH is 1. The molecule has 2 bridgehead atoms. The number of allylic oxidation sites excluding steroid dienone is 1. The minimum absolute atomic E-state index is 0.128. The third-order valence-electron chi connectivity index (χ3n) is 8.72. The fourth-order valence-electron chi connectivity index (χ4n) is 6.66. The zero-order valence-corrected chi connectivity index (χ0v) is 27.0. The van der Waals surface area contributed by atoms with Crippen LogP contribution in [0.1, 0.15) is 66.2 Å². The van der Waals surface area contributed by atoms with Gasteiger partial charge in [-0.3, -0.25) is 19.2 Å². The molecule has 3 rings (SSSR count). The second-order valence-electron chi connectivity index (χ2n) is 12.1. The Morgan fingerprint density at radius 2 is 1.98 bits per heavy atom. The van der Waals surface area contributed by atoms with Crippen LogP contribution in [0.15, 0.2) is 25.3 Å². The Morgan fingerprint density at radius 1 is 1.26 bits per heavy atom. The van der Waals surface area contributed by atoms with Gasteiger partial charge in [0.2, 0.25) is 17.7 Å². The highest BCUT2D eigenvalue weighted by Gasteiger charge is 2.77. The molecule has 0 saturated carbocycles. The molecule has 1 spiro atoms. The smallest absolute Gasteiger partial charge is 0.312 e. The largest absolute Gasteiger partial charge is 0.460 e. The van der Waals surface area contributed by atoms with Gasteiger partial charge in [0.25, 0.3) is 0 Å². The fraction of sp³-hybridized carbons (Fsp3) is 0.742. The fourth-order valence-corrected chi connectivity index (χ4v) is 7.61. The van der Waals surface area contributed by atoms with Crippen molar-refractivity contribution in [3.8, 4) is 0 Å². The van der Waals surface area contributed by atoms with Crippen LogP contribution in [0.2, 0.25) is 0 Å². The average molecular weight is 655 g/mol. The minimum Gasteiger partial charge on any atom is -0.460 e. The number of aliphatic hydroxyl groups is 1. The van der Waals surface area contributed by atoms with Crippen molar-refractivity contribution in [1.82, 2.24) is 15.1 Å². The lowest BCUT2D eigenvalue weighted by atomic mass is 9.70. The molecule has 0 aromatic carbocycles. The lowest BCUT2D eigenvalue weighted by Crippen LogP contribution is -2.60. The number of halogens is 1. The van der Waals surface area contributed by atoms with Crippen LogP contribution in [-0.2, 0) is 28.7 Å². The summed E-state index contributed by atoms with van der Waals surface area (Å²) in [5.74, 6) is -3.41. The molecule has 2 N–H and O–H groups in total. The third-order valence-corrected chi connectivity index (χ3v) is 9.56. The second-order valence-corrected chi connectivity index (χ2v) is 13.2. The standard InChI is InChI=1S/C31H48BrN3O7/c1-7-10-12-15-34(14-9-3)29(39)27-31-16-21(32)26(42-31)24(25(31)28(38)35(27)22(18-36)19(4)5)30(40)41-20(6)17-33-23(37)13-11-8-2/h8-9,19-22,24-27,36H,2-3,7,10-18H2,1,4-6H3,(H,33,37)/t20-,21?,22-,24+,25-,26+,27+,31-/m0/s1. The maximum absolute atomic E-state index is 14.4. The van der Waals surface area contributed by atoms with E-state index in [4.69, 9.17) is 9.47 Å². The van der Waals surface area contributed by atoms with Crippen LogP contribution >= 0.6 is 15.9 Å². The molecule has 0 aliphatic carbocycles. The van der Waals surface area contributed by atoms with Gasteiger partial charge in [-0.25, -0.2) is 0 Å². The number of carbonyl (C=O) groups excluding carboxylic acids is 4. The Bertz CT molecular complexity index is 1020. The van der Waals surface area contributed by atoms with E-state index in [1.165, 1.54) is 4.90 Å². The summed E-state index contributed by atoms with van der Waals surface area (Å²) in [5, 5.41) is 13.2. The predicted octanol–water partition coefficient (Wildman–Crippen LogP) is 2.97. The first kappa shape index (κ1) is 34.3. The summed E-state index contributed by atoms with van der Waals surface area (Å²) in [7, 11) is 0. The van der Waals surface area contributed by atoms with Crippen molar-refractivity contribution < 1.29 is 33.8 Å². The number of fused-ring (bicyclic) bond motifs is 1. The molecular formula is C31H48BrN3O7. The minimum atomic E-state index is -1.24. The van der Waals surface area contributed by atoms with Crippen LogP contribution in [0.3, 0.4) is 0 Å². The van der Waals surface area contributed by atoms with Crippen LogP contribution < -0.4 is 5.32 Å². The molecule has 42 heavy (non-hydrogen) atoms. The summed E-state index contributed by atoms with van der Waals surface area (Å²) in [6.45, 7) is 15.6. The number of carbonyl (C=O) groups is 4. The quantitative estimate of drug-likeness (QED) is 0.107. The van der Waals surface area contributed by atoms with Gasteiger partial charge in [0.15, 0.2) is 0 Å². The van der Waals surface area contributed by atoms with Gasteiger partial charge >= 0.3 is 5.97 Å². The van der Waals surface area contributed by atoms with Gasteiger partial charge in [-0.1, -0.05) is 61.7 Å². The Morgan fingerprint density at radius 3 is 2.57 bits per heavy atom. The van der Waals surface area contributed by atoms with Gasteiger partial charge in [0, 0.05) is 24.3 Å². The number of amides is 3.